The summed E-state index contributed by atoms with van der Waals surface area (Å²) in [5.41, 5.74) is 4.76. The van der Waals surface area contributed by atoms with Gasteiger partial charge in [0.05, 0.1) is 0 Å². The topological polar surface area (TPSA) is 146 Å². The van der Waals surface area contributed by atoms with Crippen LogP contribution in [0, 0.1) is 21.6 Å². The van der Waals surface area contributed by atoms with E-state index in [0.29, 0.717) is 0 Å². The van der Waals surface area contributed by atoms with Gasteiger partial charge >= 0.3 is 6.09 Å². The van der Waals surface area contributed by atoms with Gasteiger partial charge in [0.2, 0.25) is 0 Å². The monoisotopic (exact) mass is 173 g/mol. The van der Waals surface area contributed by atoms with Crippen molar-refractivity contribution in [3.05, 3.63) is 10.1 Å². The number of nitriles is 1. The first-order chi connectivity index (χ1) is 5.49. The van der Waals surface area contributed by atoms with Gasteiger partial charge in [0.15, 0.2) is 11.2 Å². The lowest BCUT2D eigenvalue weighted by Gasteiger charge is -2.02. The lowest BCUT2D eigenvalue weighted by Crippen LogP contribution is -2.37. The molecule has 0 saturated carbocycles. The zero-order valence-electron chi connectivity index (χ0n) is 5.54. The summed E-state index contributed by atoms with van der Waals surface area (Å²) in [7, 11) is 0. The van der Waals surface area contributed by atoms with Crippen molar-refractivity contribution >= 4 is 12.1 Å². The van der Waals surface area contributed by atoms with E-state index in [-0.39, 0.29) is 4.90 Å². The molecule has 0 fully saturated rings. The van der Waals surface area contributed by atoms with E-state index < -0.39 is 17.1 Å². The highest BCUT2D eigenvalue weighted by atomic mass is 16.7. The third-order valence-corrected chi connectivity index (χ3v) is 0.704. The van der Waals surface area contributed by atoms with Gasteiger partial charge in [-0.1, -0.05) is 0 Å². The van der Waals surface area contributed by atoms with Crippen molar-refractivity contribution in [3.8, 4) is 6.19 Å². The molecule has 0 bridgehead atoms. The number of nitrogens with two attached hydrogens (primary N) is 1. The lowest BCUT2D eigenvalue weighted by atomic mass is 10.8. The predicted molar refractivity (Wildman–Crippen MR) is 34.1 cm³/mol. The summed E-state index contributed by atoms with van der Waals surface area (Å²) in [4.78, 5) is 19.6. The van der Waals surface area contributed by atoms with Crippen LogP contribution in [-0.4, -0.2) is 27.1 Å². The lowest BCUT2D eigenvalue weighted by molar-refractivity contribution is -0.485. The summed E-state index contributed by atoms with van der Waals surface area (Å²) in [5, 5.41) is 27.1. The number of rotatable bonds is 1. The zero-order valence-corrected chi connectivity index (χ0v) is 5.54. The van der Waals surface area contributed by atoms with E-state index in [1.807, 2.05) is 0 Å². The van der Waals surface area contributed by atoms with Crippen LogP contribution in [-0.2, 0) is 0 Å². The maximum absolute atomic E-state index is 10.1. The molecule has 1 amide bonds. The molecule has 64 valence electrons. The van der Waals surface area contributed by atoms with Crippen LogP contribution in [0.1, 0.15) is 0 Å². The van der Waals surface area contributed by atoms with Crippen LogP contribution >= 0.6 is 0 Å². The fourth-order valence-electron chi connectivity index (χ4n) is 0.320. The molecule has 9 heteroatoms. The second-order valence-corrected chi connectivity index (χ2v) is 1.41. The maximum Gasteiger partial charge on any atom is 0.428 e. The molecule has 0 radical (unpaired) electrons. The van der Waals surface area contributed by atoms with Crippen LogP contribution < -0.4 is 5.73 Å². The third kappa shape index (κ3) is 2.48. The minimum absolute atomic E-state index is 0.136. The second kappa shape index (κ2) is 3.71. The maximum atomic E-state index is 10.1. The quantitative estimate of drug-likeness (QED) is 0.129. The first-order valence-corrected chi connectivity index (χ1v) is 2.40. The van der Waals surface area contributed by atoms with Crippen molar-refractivity contribution in [2.45, 2.75) is 0 Å². The van der Waals surface area contributed by atoms with Gasteiger partial charge in [0.1, 0.15) is 5.10 Å². The van der Waals surface area contributed by atoms with Gasteiger partial charge in [0.25, 0.3) is 5.96 Å². The Balaban J connectivity index is 4.67. The molecule has 3 N–H and O–H groups in total. The molecule has 0 aromatic carbocycles. The van der Waals surface area contributed by atoms with Gasteiger partial charge < -0.3 is 10.8 Å². The number of hydrazone groups is 1. The highest BCUT2D eigenvalue weighted by molar-refractivity contribution is 5.93. The standard InChI is InChI=1S/C3H3N5O4/c4-1-7(3(9)10)2(5)6-8(11)12/h(H2,5,6)(H,9,10). The Labute approximate surface area is 65.4 Å². The van der Waals surface area contributed by atoms with Crippen molar-refractivity contribution < 1.29 is 14.9 Å². The molecule has 0 unspecified atom stereocenters. The molecule has 0 aliphatic heterocycles. The Hall–Kier alpha value is -2.37. The van der Waals surface area contributed by atoms with Crippen molar-refractivity contribution in [3.63, 3.8) is 0 Å². The Kier molecular flexibility index (Phi) is 2.98. The molecule has 0 heterocycles. The minimum atomic E-state index is -1.74. The largest absolute Gasteiger partial charge is 0.464 e. The number of hydrogen-bond donors (Lipinski definition) is 2. The molecule has 0 aliphatic rings. The summed E-state index contributed by atoms with van der Waals surface area (Å²) < 4.78 is 0. The minimum Gasteiger partial charge on any atom is -0.464 e. The molecule has 0 rings (SSSR count). The molecular weight excluding hydrogens is 170 g/mol. The first-order valence-electron chi connectivity index (χ1n) is 2.40. The molecule has 9 nitrogen and oxygen atoms in total. The van der Waals surface area contributed by atoms with Gasteiger partial charge in [0, 0.05) is 0 Å². The fraction of sp³-hybridized carbons (Fsp3) is 0. The number of nitrogens with zero attached hydrogens (tertiary/aromatic N) is 4. The number of hydrogen-bond acceptors (Lipinski definition) is 4. The van der Waals surface area contributed by atoms with Crippen molar-refractivity contribution in [1.82, 2.24) is 4.90 Å². The molecule has 0 saturated heterocycles. The van der Waals surface area contributed by atoms with Gasteiger partial charge in [-0.2, -0.15) is 5.26 Å². The molecule has 0 aliphatic carbocycles. The molecule has 0 atom stereocenters. The van der Waals surface area contributed by atoms with Crippen molar-refractivity contribution in [2.24, 2.45) is 10.8 Å². The smallest absolute Gasteiger partial charge is 0.428 e. The normalized spacial score (nSPS) is 10.1. The molecule has 12 heavy (non-hydrogen) atoms. The first kappa shape index (κ1) is 9.63. The number of nitro groups is 1. The van der Waals surface area contributed by atoms with Crippen LogP contribution in [0.4, 0.5) is 4.79 Å². The number of guanidine groups is 1. The third-order valence-electron chi connectivity index (χ3n) is 0.704. The van der Waals surface area contributed by atoms with Gasteiger partial charge in [-0.3, -0.25) is 0 Å². The van der Waals surface area contributed by atoms with Crippen molar-refractivity contribution in [2.75, 3.05) is 0 Å². The Morgan fingerprint density at radius 3 is 2.58 bits per heavy atom. The van der Waals surface area contributed by atoms with E-state index in [1.54, 1.807) is 0 Å². The molecule has 0 aromatic heterocycles. The summed E-state index contributed by atoms with van der Waals surface area (Å²) in [5.74, 6) is -1.00. The predicted octanol–water partition coefficient (Wildman–Crippen LogP) is -1.05. The summed E-state index contributed by atoms with van der Waals surface area (Å²) in [6, 6.07) is 0. The average Bonchev–Trinajstić information content (AvgIpc) is 1.85. The van der Waals surface area contributed by atoms with Crippen LogP contribution in [0.25, 0.3) is 0 Å². The Bertz CT molecular complexity index is 277. The highest BCUT2D eigenvalue weighted by Gasteiger charge is 2.18. The van der Waals surface area contributed by atoms with E-state index in [9.17, 15) is 14.9 Å². The summed E-state index contributed by atoms with van der Waals surface area (Å²) >= 11 is 0. The van der Waals surface area contributed by atoms with Crippen LogP contribution in [0.3, 0.4) is 0 Å². The van der Waals surface area contributed by atoms with Crippen LogP contribution in [0.2, 0.25) is 0 Å². The highest BCUT2D eigenvalue weighted by Crippen LogP contribution is 1.86. The number of carboxylic acid groups (broad SMARTS) is 1. The van der Waals surface area contributed by atoms with Gasteiger partial charge in [-0.05, 0) is 0 Å². The Morgan fingerprint density at radius 1 is 1.83 bits per heavy atom. The van der Waals surface area contributed by atoms with Crippen LogP contribution in [0.5, 0.6) is 0 Å². The van der Waals surface area contributed by atoms with E-state index in [2.05, 4.69) is 5.10 Å². The fourth-order valence-corrected chi connectivity index (χ4v) is 0.320. The zero-order chi connectivity index (χ0) is 9.72. The van der Waals surface area contributed by atoms with E-state index in [1.165, 1.54) is 0 Å². The Morgan fingerprint density at radius 2 is 2.33 bits per heavy atom. The summed E-state index contributed by atoms with van der Waals surface area (Å²) in [6.45, 7) is 0. The van der Waals surface area contributed by atoms with E-state index in [0.717, 1.165) is 6.19 Å². The van der Waals surface area contributed by atoms with E-state index >= 15 is 0 Å². The van der Waals surface area contributed by atoms with Gasteiger partial charge in [-0.25, -0.2) is 14.9 Å². The molecule has 0 aromatic rings. The van der Waals surface area contributed by atoms with Gasteiger partial charge in [-0.15, -0.1) is 4.90 Å². The average molecular weight is 173 g/mol. The van der Waals surface area contributed by atoms with E-state index in [4.69, 9.17) is 16.1 Å². The second-order valence-electron chi connectivity index (χ2n) is 1.41. The SMILES string of the molecule is N#CN(C(=O)O)C(N)=N[N+](=O)[O-]. The van der Waals surface area contributed by atoms with Crippen LogP contribution in [0.15, 0.2) is 5.10 Å². The molecular formula is C3H3N5O4. The molecule has 0 spiro atoms. The number of carbonyl (C=O) groups is 1. The van der Waals surface area contributed by atoms with Crippen molar-refractivity contribution in [1.29, 1.82) is 5.26 Å². The summed E-state index contributed by atoms with van der Waals surface area (Å²) in [6.07, 6.45) is -0.655. The number of amides is 1.